The second-order valence-corrected chi connectivity index (χ2v) is 12.2. The first kappa shape index (κ1) is 32.8. The third-order valence-corrected chi connectivity index (χ3v) is 8.05. The van der Waals surface area contributed by atoms with Gasteiger partial charge in [-0.25, -0.2) is 8.42 Å². The molecule has 0 fully saturated rings. The van der Waals surface area contributed by atoms with Crippen LogP contribution in [0.15, 0.2) is 72.8 Å². The number of sulfonamides is 1. The lowest BCUT2D eigenvalue weighted by atomic mass is 10.0. The number of anilines is 1. The van der Waals surface area contributed by atoms with Gasteiger partial charge < -0.3 is 19.7 Å². The van der Waals surface area contributed by atoms with Gasteiger partial charge in [-0.15, -0.1) is 0 Å². The van der Waals surface area contributed by atoms with Gasteiger partial charge in [-0.05, 0) is 41.8 Å². The average molecular weight is 616 g/mol. The second-order valence-electron chi connectivity index (χ2n) is 9.81. The van der Waals surface area contributed by atoms with E-state index in [0.29, 0.717) is 28.6 Å². The van der Waals surface area contributed by atoms with Crippen molar-refractivity contribution >= 4 is 39.1 Å². The van der Waals surface area contributed by atoms with Gasteiger partial charge in [-0.2, -0.15) is 0 Å². The Bertz CT molecular complexity index is 1450. The molecular formula is C31H38ClN3O6S. The van der Waals surface area contributed by atoms with Crippen LogP contribution in [0.1, 0.15) is 30.9 Å². The molecule has 0 radical (unpaired) electrons. The Morgan fingerprint density at radius 3 is 2.24 bits per heavy atom. The molecule has 0 saturated heterocycles. The summed E-state index contributed by atoms with van der Waals surface area (Å²) in [5.74, 6) is -0.152. The molecule has 0 aliphatic carbocycles. The molecule has 0 saturated carbocycles. The molecule has 226 valence electrons. The number of methoxy groups -OCH3 is 2. The lowest BCUT2D eigenvalue weighted by molar-refractivity contribution is -0.140. The number of carbonyl (C=O) groups is 2. The van der Waals surface area contributed by atoms with Crippen LogP contribution in [0.4, 0.5) is 5.69 Å². The molecule has 0 heterocycles. The molecule has 1 N–H and O–H groups in total. The van der Waals surface area contributed by atoms with Crippen LogP contribution in [-0.4, -0.2) is 64.7 Å². The van der Waals surface area contributed by atoms with Crippen LogP contribution in [0, 0.1) is 0 Å². The van der Waals surface area contributed by atoms with Crippen molar-refractivity contribution in [2.45, 2.75) is 38.8 Å². The van der Waals surface area contributed by atoms with Gasteiger partial charge in [-0.1, -0.05) is 67.4 Å². The SMILES string of the molecule is CCCCNC(=O)[C@H](Cc1ccccc1)N(Cc1cccc(Cl)c1)C(=O)CN(c1ccc(OC)c(OC)c1)S(C)(=O)=O. The molecule has 0 aromatic heterocycles. The van der Waals surface area contributed by atoms with Crippen molar-refractivity contribution in [3.8, 4) is 11.5 Å². The molecule has 3 aromatic carbocycles. The van der Waals surface area contributed by atoms with Gasteiger partial charge in [0, 0.05) is 30.6 Å². The fourth-order valence-corrected chi connectivity index (χ4v) is 5.54. The molecule has 42 heavy (non-hydrogen) atoms. The van der Waals surface area contributed by atoms with Gasteiger partial charge >= 0.3 is 0 Å². The summed E-state index contributed by atoms with van der Waals surface area (Å²) in [5.41, 5.74) is 1.78. The van der Waals surface area contributed by atoms with Crippen molar-refractivity contribution in [1.29, 1.82) is 0 Å². The largest absolute Gasteiger partial charge is 0.493 e. The number of halogens is 1. The first-order valence-electron chi connectivity index (χ1n) is 13.6. The van der Waals surface area contributed by atoms with E-state index in [4.69, 9.17) is 21.1 Å². The Labute approximate surface area is 253 Å². The predicted molar refractivity (Wildman–Crippen MR) is 166 cm³/mol. The van der Waals surface area contributed by atoms with Gasteiger partial charge in [0.2, 0.25) is 21.8 Å². The number of hydrogen-bond donors (Lipinski definition) is 1. The zero-order valence-corrected chi connectivity index (χ0v) is 26.0. The highest BCUT2D eigenvalue weighted by Gasteiger charge is 2.33. The number of nitrogens with zero attached hydrogens (tertiary/aromatic N) is 2. The first-order valence-corrected chi connectivity index (χ1v) is 15.8. The highest BCUT2D eigenvalue weighted by Crippen LogP contribution is 2.32. The van der Waals surface area contributed by atoms with Gasteiger partial charge in [0.25, 0.3) is 0 Å². The Morgan fingerprint density at radius 1 is 0.929 bits per heavy atom. The van der Waals surface area contributed by atoms with Crippen molar-refractivity contribution in [2.24, 2.45) is 0 Å². The maximum Gasteiger partial charge on any atom is 0.244 e. The smallest absolute Gasteiger partial charge is 0.244 e. The minimum atomic E-state index is -3.93. The molecular weight excluding hydrogens is 578 g/mol. The van der Waals surface area contributed by atoms with Crippen LogP contribution >= 0.6 is 11.6 Å². The van der Waals surface area contributed by atoms with Crippen LogP contribution in [0.25, 0.3) is 0 Å². The van der Waals surface area contributed by atoms with E-state index < -0.39 is 28.5 Å². The Hall–Kier alpha value is -3.76. The highest BCUT2D eigenvalue weighted by atomic mass is 35.5. The summed E-state index contributed by atoms with van der Waals surface area (Å²) in [7, 11) is -1.01. The summed E-state index contributed by atoms with van der Waals surface area (Å²) in [6, 6.07) is 20.1. The maximum absolute atomic E-state index is 14.2. The van der Waals surface area contributed by atoms with Crippen LogP contribution in [0.3, 0.4) is 0 Å². The Balaban J connectivity index is 2.06. The van der Waals surface area contributed by atoms with E-state index >= 15 is 0 Å². The van der Waals surface area contributed by atoms with Gasteiger partial charge in [0.15, 0.2) is 11.5 Å². The lowest BCUT2D eigenvalue weighted by Gasteiger charge is -2.33. The van der Waals surface area contributed by atoms with Crippen LogP contribution in [0.2, 0.25) is 5.02 Å². The molecule has 2 amide bonds. The first-order chi connectivity index (χ1) is 20.1. The molecule has 9 nitrogen and oxygen atoms in total. The zero-order chi connectivity index (χ0) is 30.7. The number of benzene rings is 3. The van der Waals surface area contributed by atoms with E-state index in [1.54, 1.807) is 24.3 Å². The third-order valence-electron chi connectivity index (χ3n) is 6.68. The van der Waals surface area contributed by atoms with Gasteiger partial charge in [-0.3, -0.25) is 13.9 Å². The highest BCUT2D eigenvalue weighted by molar-refractivity contribution is 7.92. The number of hydrogen-bond acceptors (Lipinski definition) is 6. The normalized spacial score (nSPS) is 11.8. The van der Waals surface area contributed by atoms with Crippen molar-refractivity contribution in [3.63, 3.8) is 0 Å². The van der Waals surface area contributed by atoms with Crippen molar-refractivity contribution < 1.29 is 27.5 Å². The summed E-state index contributed by atoms with van der Waals surface area (Å²) in [5, 5.41) is 3.44. The quantitative estimate of drug-likeness (QED) is 0.249. The second kappa shape index (κ2) is 15.5. The lowest BCUT2D eigenvalue weighted by Crippen LogP contribution is -2.53. The molecule has 0 aliphatic heterocycles. The molecule has 0 bridgehead atoms. The van der Waals surface area contributed by atoms with Crippen molar-refractivity contribution in [2.75, 3.05) is 37.9 Å². The van der Waals surface area contributed by atoms with E-state index in [0.717, 1.165) is 29.0 Å². The Morgan fingerprint density at radius 2 is 1.62 bits per heavy atom. The average Bonchev–Trinajstić information content (AvgIpc) is 2.97. The molecule has 0 aliphatic rings. The molecule has 0 unspecified atom stereocenters. The number of amides is 2. The molecule has 11 heteroatoms. The summed E-state index contributed by atoms with van der Waals surface area (Å²) in [6.45, 7) is 1.99. The Kier molecular flexibility index (Phi) is 12.1. The standard InChI is InChI=1S/C31H38ClN3O6S/c1-5-6-17-33-31(37)27(19-23-11-8-7-9-12-23)34(21-24-13-10-14-25(32)18-24)30(36)22-35(42(4,38)39)26-15-16-28(40-2)29(20-26)41-3/h7-16,18,20,27H,5-6,17,19,21-22H2,1-4H3,(H,33,37)/t27-/m0/s1. The molecule has 1 atom stereocenters. The zero-order valence-electron chi connectivity index (χ0n) is 24.4. The topological polar surface area (TPSA) is 105 Å². The number of nitrogens with one attached hydrogen (secondary N) is 1. The monoisotopic (exact) mass is 615 g/mol. The minimum Gasteiger partial charge on any atom is -0.493 e. The molecule has 3 rings (SSSR count). The minimum absolute atomic E-state index is 0.0433. The number of carbonyl (C=O) groups excluding carboxylic acids is 2. The van der Waals surface area contributed by atoms with E-state index in [1.165, 1.54) is 31.3 Å². The van der Waals surface area contributed by atoms with Crippen molar-refractivity contribution in [3.05, 3.63) is 88.9 Å². The van der Waals surface area contributed by atoms with Crippen LogP contribution < -0.4 is 19.1 Å². The fraction of sp³-hybridized carbons (Fsp3) is 0.355. The van der Waals surface area contributed by atoms with Crippen LogP contribution in [0.5, 0.6) is 11.5 Å². The number of unbranched alkanes of at least 4 members (excludes halogenated alkanes) is 1. The third kappa shape index (κ3) is 9.12. The molecule has 0 spiro atoms. The maximum atomic E-state index is 14.2. The summed E-state index contributed by atoms with van der Waals surface area (Å²) in [4.78, 5) is 29.2. The van der Waals surface area contributed by atoms with Crippen molar-refractivity contribution in [1.82, 2.24) is 10.2 Å². The van der Waals surface area contributed by atoms with Gasteiger partial charge in [0.1, 0.15) is 12.6 Å². The number of rotatable bonds is 15. The van der Waals surface area contributed by atoms with E-state index in [9.17, 15) is 18.0 Å². The summed E-state index contributed by atoms with van der Waals surface area (Å²) < 4.78 is 37.6. The van der Waals surface area contributed by atoms with E-state index in [1.807, 2.05) is 43.3 Å². The summed E-state index contributed by atoms with van der Waals surface area (Å²) in [6.07, 6.45) is 2.94. The van der Waals surface area contributed by atoms with E-state index in [2.05, 4.69) is 5.32 Å². The van der Waals surface area contributed by atoms with Crippen LogP contribution in [-0.2, 0) is 32.6 Å². The van der Waals surface area contributed by atoms with Gasteiger partial charge in [0.05, 0.1) is 26.2 Å². The summed E-state index contributed by atoms with van der Waals surface area (Å²) >= 11 is 6.25. The number of ether oxygens (including phenoxy) is 2. The molecule has 3 aromatic rings. The fourth-order valence-electron chi connectivity index (χ4n) is 4.49. The predicted octanol–water partition coefficient (Wildman–Crippen LogP) is 4.68. The van der Waals surface area contributed by atoms with E-state index in [-0.39, 0.29) is 24.6 Å².